The van der Waals surface area contributed by atoms with E-state index in [4.69, 9.17) is 24.7 Å². The predicted molar refractivity (Wildman–Crippen MR) is 166 cm³/mol. The zero-order valence-corrected chi connectivity index (χ0v) is 30.2. The number of allylic oxidation sites excluding steroid dienone is 9. The van der Waals surface area contributed by atoms with Crippen molar-refractivity contribution in [2.75, 3.05) is 6.61 Å². The summed E-state index contributed by atoms with van der Waals surface area (Å²) in [5.41, 5.74) is 9.19. The number of nitrogens with zero attached hydrogens (tertiary/aromatic N) is 4. The summed E-state index contributed by atoms with van der Waals surface area (Å²) in [6.45, 7) is 18.0. The van der Waals surface area contributed by atoms with Crippen molar-refractivity contribution in [2.45, 2.75) is 67.7 Å². The molecule has 0 aromatic carbocycles. The van der Waals surface area contributed by atoms with Gasteiger partial charge in [0.15, 0.2) is 0 Å². The van der Waals surface area contributed by atoms with Crippen LogP contribution in [0.15, 0.2) is 84.6 Å². The van der Waals surface area contributed by atoms with Gasteiger partial charge in [-0.3, -0.25) is 9.79 Å². The van der Waals surface area contributed by atoms with E-state index in [0.717, 1.165) is 56.5 Å². The number of rotatable bonds is 6. The van der Waals surface area contributed by atoms with Crippen LogP contribution in [0.4, 0.5) is 0 Å². The Bertz CT molecular complexity index is 1830. The molecule has 1 radical (unpaired) electrons. The number of ether oxygens (including phenoxy) is 1. The maximum absolute atomic E-state index is 12.5. The number of esters is 1. The SMILES string of the molecule is C=CC1=C(C)C2=CC3=NC(=C(C)C4=NC(=C(C)C4=C([O-])[O-])C=c4[n-]c(c(C)c4CC)=CC1=N2)[C@@H](CCC(=O)OCC)[C@@H]3C.[Cu+2].[Na+]. The van der Waals surface area contributed by atoms with Crippen LogP contribution in [0.25, 0.3) is 12.2 Å². The number of fused-ring (bicyclic) bond motifs is 5. The average Bonchev–Trinajstić information content (AvgIpc) is 3.64. The van der Waals surface area contributed by atoms with Gasteiger partial charge in [0, 0.05) is 35.2 Å². The second-order valence-electron chi connectivity index (χ2n) is 11.3. The molecule has 233 valence electrons. The molecule has 8 nitrogen and oxygen atoms in total. The number of aliphatic imine (C=N–C) groups is 3. The van der Waals surface area contributed by atoms with E-state index < -0.39 is 5.95 Å². The van der Waals surface area contributed by atoms with Gasteiger partial charge in [0.2, 0.25) is 0 Å². The van der Waals surface area contributed by atoms with Crippen molar-refractivity contribution in [2.24, 2.45) is 26.8 Å². The fourth-order valence-corrected chi connectivity index (χ4v) is 6.38. The molecule has 1 aromatic heterocycles. The Balaban J connectivity index is 0.00000276. The van der Waals surface area contributed by atoms with Crippen LogP contribution in [0.3, 0.4) is 0 Å². The van der Waals surface area contributed by atoms with Crippen molar-refractivity contribution in [3.8, 4) is 0 Å². The summed E-state index contributed by atoms with van der Waals surface area (Å²) in [6.07, 6.45) is 9.13. The topological polar surface area (TPSA) is 124 Å². The molecule has 10 heteroatoms. The molecule has 0 spiro atoms. The molecule has 4 aliphatic rings. The van der Waals surface area contributed by atoms with Crippen LogP contribution in [0.1, 0.15) is 65.5 Å². The first-order chi connectivity index (χ1) is 20.5. The van der Waals surface area contributed by atoms with Crippen LogP contribution < -0.4 is 55.5 Å². The van der Waals surface area contributed by atoms with Gasteiger partial charge in [-0.1, -0.05) is 49.8 Å². The van der Waals surface area contributed by atoms with E-state index in [1.807, 2.05) is 45.1 Å². The molecule has 4 aliphatic heterocycles. The van der Waals surface area contributed by atoms with Gasteiger partial charge in [-0.25, -0.2) is 9.98 Å². The molecule has 0 aliphatic carbocycles. The van der Waals surface area contributed by atoms with Crippen LogP contribution in [0, 0.1) is 18.8 Å². The summed E-state index contributed by atoms with van der Waals surface area (Å²) in [5, 5.41) is 26.6. The smallest absolute Gasteiger partial charge is 0.883 e. The van der Waals surface area contributed by atoms with Gasteiger partial charge >= 0.3 is 52.6 Å². The second kappa shape index (κ2) is 14.7. The molecule has 5 rings (SSSR count). The first-order valence-corrected chi connectivity index (χ1v) is 14.8. The van der Waals surface area contributed by atoms with Crippen molar-refractivity contribution in [3.63, 3.8) is 0 Å². The van der Waals surface area contributed by atoms with Gasteiger partial charge in [0.05, 0.1) is 29.4 Å². The first-order valence-electron chi connectivity index (χ1n) is 14.8. The first kappa shape index (κ1) is 36.5. The summed E-state index contributed by atoms with van der Waals surface area (Å²) in [7, 11) is 0. The van der Waals surface area contributed by atoms with Gasteiger partial charge in [0.1, 0.15) is 0 Å². The van der Waals surface area contributed by atoms with Crippen LogP contribution in [0.2, 0.25) is 0 Å². The molecule has 0 saturated heterocycles. The number of aromatic nitrogens is 1. The second-order valence-corrected chi connectivity index (χ2v) is 11.3. The Morgan fingerprint density at radius 2 is 1.73 bits per heavy atom. The van der Waals surface area contributed by atoms with Crippen LogP contribution in [0.5, 0.6) is 0 Å². The third-order valence-electron chi connectivity index (χ3n) is 8.89. The van der Waals surface area contributed by atoms with E-state index in [1.165, 1.54) is 0 Å². The molecular weight excluding hydrogens is 627 g/mol. The van der Waals surface area contributed by atoms with Crippen molar-refractivity contribution in [1.82, 2.24) is 4.98 Å². The van der Waals surface area contributed by atoms with Crippen molar-refractivity contribution in [1.29, 1.82) is 0 Å². The standard InChI is InChI=1S/C35H39N4O4.Cu.Na/c1-9-22-17(4)25-14-27-19(6)24(12-13-31(40)43-11-3)33(38-27)21(8)34-32(35(41)42)20(7)28(39-34)16-30-23(10-2)18(5)26(37-30)15-29(22)36-25;;/h9,14-16,19,24H,1,10-13H2,2-8H3,(H2-,36,37,38,39,41,42);;/q-1;+2;+1/p-2/t19-,24-;;/m0../s1. The zero-order valence-electron chi connectivity index (χ0n) is 27.2. The molecule has 2 atom stereocenters. The molecule has 0 N–H and O–H groups in total. The quantitative estimate of drug-likeness (QED) is 0.239. The van der Waals surface area contributed by atoms with Crippen LogP contribution in [-0.2, 0) is 33.0 Å². The van der Waals surface area contributed by atoms with E-state index in [-0.39, 0.29) is 76.4 Å². The van der Waals surface area contributed by atoms with Crippen molar-refractivity contribution < 1.29 is 66.4 Å². The van der Waals surface area contributed by atoms with Crippen molar-refractivity contribution >= 4 is 35.3 Å². The number of carbonyl (C=O) groups is 1. The molecule has 1 aromatic rings. The van der Waals surface area contributed by atoms with Gasteiger partial charge in [0.25, 0.3) is 0 Å². The maximum Gasteiger partial charge on any atom is 2.00 e. The Morgan fingerprint density at radius 1 is 1.02 bits per heavy atom. The van der Waals surface area contributed by atoms with E-state index in [0.29, 0.717) is 41.3 Å². The molecule has 8 bridgehead atoms. The number of hydrogen-bond donors (Lipinski definition) is 0. The Labute approximate surface area is 297 Å². The van der Waals surface area contributed by atoms with Crippen molar-refractivity contribution in [3.05, 3.63) is 91.5 Å². The molecular formula is C35H37CuN4NaO4. The fraction of sp³-hybridized carbons (Fsp3) is 0.371. The van der Waals surface area contributed by atoms with Crippen LogP contribution in [-0.4, -0.2) is 29.7 Å². The van der Waals surface area contributed by atoms with E-state index >= 15 is 0 Å². The summed E-state index contributed by atoms with van der Waals surface area (Å²) in [6, 6.07) is 0. The minimum Gasteiger partial charge on any atom is -0.883 e. The Kier molecular flexibility index (Phi) is 11.9. The zero-order chi connectivity index (χ0) is 31.2. The number of hydrogen-bond acceptors (Lipinski definition) is 7. The number of carbonyl (C=O) groups excluding carboxylic acids is 1. The third-order valence-corrected chi connectivity index (χ3v) is 8.89. The van der Waals surface area contributed by atoms with Gasteiger partial charge < -0.3 is 19.9 Å². The van der Waals surface area contributed by atoms with Gasteiger partial charge in [-0.2, -0.15) is 5.95 Å². The maximum atomic E-state index is 12.5. The predicted octanol–water partition coefficient (Wildman–Crippen LogP) is -0.0833. The third kappa shape index (κ3) is 6.65. The molecule has 0 amide bonds. The van der Waals surface area contributed by atoms with Gasteiger partial charge in [-0.15, -0.1) is 10.7 Å². The normalized spacial score (nSPS) is 20.4. The summed E-state index contributed by atoms with van der Waals surface area (Å²) in [4.78, 5) is 32.2. The van der Waals surface area contributed by atoms with Crippen LogP contribution >= 0.6 is 0 Å². The van der Waals surface area contributed by atoms with E-state index in [1.54, 1.807) is 13.8 Å². The molecule has 0 fully saturated rings. The fourth-order valence-electron chi connectivity index (χ4n) is 6.38. The van der Waals surface area contributed by atoms with E-state index in [9.17, 15) is 15.0 Å². The molecule has 45 heavy (non-hydrogen) atoms. The minimum absolute atomic E-state index is 0. The minimum atomic E-state index is -1.29. The monoisotopic (exact) mass is 663 g/mol. The van der Waals surface area contributed by atoms with E-state index in [2.05, 4.69) is 20.4 Å². The molecule has 0 unspecified atom stereocenters. The largest absolute Gasteiger partial charge is 2.00 e. The summed E-state index contributed by atoms with van der Waals surface area (Å²) >= 11 is 0. The summed E-state index contributed by atoms with van der Waals surface area (Å²) in [5.74, 6) is -1.78. The molecule has 0 saturated carbocycles. The van der Waals surface area contributed by atoms with Gasteiger partial charge in [-0.05, 0) is 75.8 Å². The Morgan fingerprint density at radius 3 is 2.36 bits per heavy atom. The molecule has 5 heterocycles. The Hall–Kier alpha value is -2.94. The summed E-state index contributed by atoms with van der Waals surface area (Å²) < 4.78 is 5.21. The average molecular weight is 664 g/mol.